The van der Waals surface area contributed by atoms with Crippen LogP contribution in [0.25, 0.3) is 0 Å². The molecule has 0 aromatic carbocycles. The van der Waals surface area contributed by atoms with Crippen LogP contribution in [-0.2, 0) is 11.2 Å². The number of nitrogens with one attached hydrogen (secondary N) is 2. The summed E-state index contributed by atoms with van der Waals surface area (Å²) in [5.41, 5.74) is 0.908. The molecule has 2 atom stereocenters. The van der Waals surface area contributed by atoms with E-state index in [-0.39, 0.29) is 5.91 Å². The molecule has 2 aliphatic heterocycles. The number of fused-ring (bicyclic) bond motifs is 1. The molecular formula is C13H20N4O. The van der Waals surface area contributed by atoms with Gasteiger partial charge in [0.2, 0.25) is 5.91 Å². The summed E-state index contributed by atoms with van der Waals surface area (Å²) in [5.74, 6) is 1.78. The van der Waals surface area contributed by atoms with Gasteiger partial charge in [-0.3, -0.25) is 9.89 Å². The average molecular weight is 248 g/mol. The van der Waals surface area contributed by atoms with E-state index in [1.54, 1.807) is 6.20 Å². The van der Waals surface area contributed by atoms with Gasteiger partial charge in [-0.25, -0.2) is 0 Å². The highest BCUT2D eigenvalue weighted by Crippen LogP contribution is 2.27. The van der Waals surface area contributed by atoms with Crippen LogP contribution in [0.15, 0.2) is 12.3 Å². The predicted octanol–water partition coefficient (Wildman–Crippen LogP) is 0.410. The van der Waals surface area contributed by atoms with Crippen molar-refractivity contribution in [3.63, 3.8) is 0 Å². The lowest BCUT2D eigenvalue weighted by molar-refractivity contribution is -0.130. The summed E-state index contributed by atoms with van der Waals surface area (Å²) in [7, 11) is 0. The highest BCUT2D eigenvalue weighted by Gasteiger charge is 2.31. The second kappa shape index (κ2) is 5.10. The molecule has 0 spiro atoms. The van der Waals surface area contributed by atoms with E-state index in [1.165, 1.54) is 0 Å². The van der Waals surface area contributed by atoms with Crippen LogP contribution in [-0.4, -0.2) is 47.2 Å². The lowest BCUT2D eigenvalue weighted by atomic mass is 9.92. The smallest absolute Gasteiger partial charge is 0.228 e. The quantitative estimate of drug-likeness (QED) is 0.797. The van der Waals surface area contributed by atoms with Gasteiger partial charge in [0, 0.05) is 25.0 Å². The summed E-state index contributed by atoms with van der Waals surface area (Å²) in [4.78, 5) is 14.2. The number of carbonyl (C=O) groups is 1. The molecular weight excluding hydrogens is 228 g/mol. The second-order valence-electron chi connectivity index (χ2n) is 5.40. The van der Waals surface area contributed by atoms with Gasteiger partial charge in [-0.15, -0.1) is 0 Å². The van der Waals surface area contributed by atoms with Crippen molar-refractivity contribution in [3.8, 4) is 0 Å². The lowest BCUT2D eigenvalue weighted by Gasteiger charge is -2.20. The minimum atomic E-state index is 0.229. The van der Waals surface area contributed by atoms with E-state index in [0.29, 0.717) is 6.42 Å². The van der Waals surface area contributed by atoms with Crippen molar-refractivity contribution in [1.82, 2.24) is 20.4 Å². The van der Waals surface area contributed by atoms with E-state index < -0.39 is 0 Å². The summed E-state index contributed by atoms with van der Waals surface area (Å²) in [6.07, 6.45) is 4.44. The van der Waals surface area contributed by atoms with E-state index in [2.05, 4.69) is 15.5 Å². The standard InChI is InChI=1S/C13H20N4O/c18-13(7-12-1-4-15-16-12)17-5-2-10-8-14-9-11(10)3-6-17/h1,4,10-11,14H,2-3,5-9H2,(H,15,16)/t10-,11+. The van der Waals surface area contributed by atoms with Gasteiger partial charge in [-0.1, -0.05) is 0 Å². The van der Waals surface area contributed by atoms with E-state index in [9.17, 15) is 4.79 Å². The molecule has 0 bridgehead atoms. The molecule has 0 radical (unpaired) electrons. The molecule has 3 rings (SSSR count). The normalized spacial score (nSPS) is 27.9. The molecule has 0 unspecified atom stereocenters. The van der Waals surface area contributed by atoms with Gasteiger partial charge in [0.25, 0.3) is 0 Å². The van der Waals surface area contributed by atoms with Crippen molar-refractivity contribution >= 4 is 5.91 Å². The van der Waals surface area contributed by atoms with Gasteiger partial charge in [0.15, 0.2) is 0 Å². The summed E-state index contributed by atoms with van der Waals surface area (Å²) in [6, 6.07) is 1.87. The van der Waals surface area contributed by atoms with Crippen LogP contribution in [0.3, 0.4) is 0 Å². The Kier molecular flexibility index (Phi) is 3.32. The Morgan fingerprint density at radius 2 is 2.06 bits per heavy atom. The SMILES string of the molecule is O=C(Cc1ccn[nH]1)N1CC[C@@H]2CNC[C@@H]2CC1. The highest BCUT2D eigenvalue weighted by atomic mass is 16.2. The van der Waals surface area contributed by atoms with E-state index in [1.807, 2.05) is 11.0 Å². The number of hydrogen-bond donors (Lipinski definition) is 2. The highest BCUT2D eigenvalue weighted by molar-refractivity contribution is 5.78. The largest absolute Gasteiger partial charge is 0.342 e. The number of carbonyl (C=O) groups excluding carboxylic acids is 1. The molecule has 18 heavy (non-hydrogen) atoms. The van der Waals surface area contributed by atoms with Crippen molar-refractivity contribution in [2.24, 2.45) is 11.8 Å². The Hall–Kier alpha value is -1.36. The molecule has 0 aliphatic carbocycles. The zero-order chi connectivity index (χ0) is 12.4. The number of aromatic nitrogens is 2. The van der Waals surface area contributed by atoms with Crippen molar-refractivity contribution in [2.75, 3.05) is 26.2 Å². The number of likely N-dealkylation sites (tertiary alicyclic amines) is 1. The molecule has 2 aliphatic rings. The molecule has 1 amide bonds. The maximum Gasteiger partial charge on any atom is 0.228 e. The van der Waals surface area contributed by atoms with Crippen LogP contribution in [0.1, 0.15) is 18.5 Å². The van der Waals surface area contributed by atoms with Crippen LogP contribution in [0.4, 0.5) is 0 Å². The van der Waals surface area contributed by atoms with Crippen LogP contribution in [0.2, 0.25) is 0 Å². The number of hydrogen-bond acceptors (Lipinski definition) is 3. The number of amides is 1. The minimum Gasteiger partial charge on any atom is -0.342 e. The fourth-order valence-corrected chi connectivity index (χ4v) is 3.13. The Labute approximate surface area is 107 Å². The molecule has 2 saturated heterocycles. The summed E-state index contributed by atoms with van der Waals surface area (Å²) in [6.45, 7) is 4.09. The monoisotopic (exact) mass is 248 g/mol. The van der Waals surface area contributed by atoms with Crippen LogP contribution >= 0.6 is 0 Å². The minimum absolute atomic E-state index is 0.229. The second-order valence-corrected chi connectivity index (χ2v) is 5.40. The molecule has 2 fully saturated rings. The average Bonchev–Trinajstić information content (AvgIpc) is 2.98. The van der Waals surface area contributed by atoms with Gasteiger partial charge < -0.3 is 10.2 Å². The third-order valence-electron chi connectivity index (χ3n) is 4.27. The van der Waals surface area contributed by atoms with Crippen LogP contribution < -0.4 is 5.32 Å². The van der Waals surface area contributed by atoms with Crippen LogP contribution in [0, 0.1) is 11.8 Å². The van der Waals surface area contributed by atoms with E-state index in [0.717, 1.165) is 56.6 Å². The number of nitrogens with zero attached hydrogens (tertiary/aromatic N) is 2. The first-order valence-corrected chi connectivity index (χ1v) is 6.79. The van der Waals surface area contributed by atoms with Gasteiger partial charge >= 0.3 is 0 Å². The molecule has 5 nitrogen and oxygen atoms in total. The molecule has 98 valence electrons. The van der Waals surface area contributed by atoms with Crippen molar-refractivity contribution in [1.29, 1.82) is 0 Å². The number of aromatic amines is 1. The number of H-pyrrole nitrogens is 1. The number of rotatable bonds is 2. The Balaban J connectivity index is 1.58. The first-order valence-electron chi connectivity index (χ1n) is 6.79. The predicted molar refractivity (Wildman–Crippen MR) is 68.0 cm³/mol. The third-order valence-corrected chi connectivity index (χ3v) is 4.27. The van der Waals surface area contributed by atoms with Gasteiger partial charge in [0.05, 0.1) is 6.42 Å². The molecule has 1 aromatic heterocycles. The fraction of sp³-hybridized carbons (Fsp3) is 0.692. The zero-order valence-electron chi connectivity index (χ0n) is 10.6. The molecule has 2 N–H and O–H groups in total. The Bertz CT molecular complexity index is 389. The van der Waals surface area contributed by atoms with Gasteiger partial charge in [-0.2, -0.15) is 5.10 Å². The van der Waals surface area contributed by atoms with Crippen LogP contribution in [0.5, 0.6) is 0 Å². The van der Waals surface area contributed by atoms with E-state index in [4.69, 9.17) is 0 Å². The first kappa shape index (κ1) is 11.7. The fourth-order valence-electron chi connectivity index (χ4n) is 3.13. The van der Waals surface area contributed by atoms with Crippen molar-refractivity contribution in [3.05, 3.63) is 18.0 Å². The molecule has 3 heterocycles. The molecule has 0 saturated carbocycles. The van der Waals surface area contributed by atoms with Gasteiger partial charge in [0.1, 0.15) is 0 Å². The maximum absolute atomic E-state index is 12.2. The molecule has 5 heteroatoms. The third kappa shape index (κ3) is 2.41. The first-order chi connectivity index (χ1) is 8.83. The summed E-state index contributed by atoms with van der Waals surface area (Å²) in [5, 5.41) is 10.2. The van der Waals surface area contributed by atoms with Crippen molar-refractivity contribution < 1.29 is 4.79 Å². The maximum atomic E-state index is 12.2. The topological polar surface area (TPSA) is 61.0 Å². The lowest BCUT2D eigenvalue weighted by Crippen LogP contribution is -2.34. The van der Waals surface area contributed by atoms with Gasteiger partial charge in [-0.05, 0) is 43.8 Å². The summed E-state index contributed by atoms with van der Waals surface area (Å²) >= 11 is 0. The zero-order valence-corrected chi connectivity index (χ0v) is 10.6. The Morgan fingerprint density at radius 3 is 2.67 bits per heavy atom. The Morgan fingerprint density at radius 1 is 1.33 bits per heavy atom. The van der Waals surface area contributed by atoms with E-state index >= 15 is 0 Å². The summed E-state index contributed by atoms with van der Waals surface area (Å²) < 4.78 is 0. The molecule has 1 aromatic rings. The van der Waals surface area contributed by atoms with Crippen molar-refractivity contribution in [2.45, 2.75) is 19.3 Å².